The molecule has 0 amide bonds. The van der Waals surface area contributed by atoms with Crippen LogP contribution in [0.1, 0.15) is 38.5 Å². The van der Waals surface area contributed by atoms with E-state index in [1.54, 1.807) is 6.20 Å². The lowest BCUT2D eigenvalue weighted by Crippen LogP contribution is -2.35. The van der Waals surface area contributed by atoms with Crippen LogP contribution in [0, 0.1) is 5.92 Å². The Balaban J connectivity index is 1.85. The van der Waals surface area contributed by atoms with Crippen LogP contribution in [0.15, 0.2) is 12.3 Å². The van der Waals surface area contributed by atoms with Crippen molar-refractivity contribution in [1.29, 1.82) is 0 Å². The molecule has 1 saturated carbocycles. The molecule has 2 heterocycles. The van der Waals surface area contributed by atoms with E-state index in [-0.39, 0.29) is 0 Å². The fraction of sp³-hybridized carbons (Fsp3) is 0.643. The van der Waals surface area contributed by atoms with Crippen LogP contribution >= 0.6 is 11.6 Å². The van der Waals surface area contributed by atoms with Gasteiger partial charge in [-0.2, -0.15) is 0 Å². The predicted octanol–water partition coefficient (Wildman–Crippen LogP) is 3.48. The van der Waals surface area contributed by atoms with Gasteiger partial charge in [-0.15, -0.1) is 0 Å². The first-order valence-corrected chi connectivity index (χ1v) is 7.31. The van der Waals surface area contributed by atoms with Crippen LogP contribution in [-0.2, 0) is 0 Å². The molecule has 0 bridgehead atoms. The summed E-state index contributed by atoms with van der Waals surface area (Å²) >= 11 is 6.30. The number of nitrogens with two attached hydrogens (primary N) is 1. The lowest BCUT2D eigenvalue weighted by atomic mass is 9.96. The molecule has 0 radical (unpaired) electrons. The first kappa shape index (κ1) is 12.1. The van der Waals surface area contributed by atoms with Crippen molar-refractivity contribution >= 4 is 23.1 Å². The largest absolute Gasteiger partial charge is 0.397 e. The second-order valence-electron chi connectivity index (χ2n) is 5.52. The standard InChI is InChI=1S/C14H20ClN3/c15-12-8-11(16)9-17-14(12)18-7-3-6-13(18)10-4-1-2-5-10/h8-10,13H,1-7,16H2. The summed E-state index contributed by atoms with van der Waals surface area (Å²) < 4.78 is 0. The van der Waals surface area contributed by atoms with Crippen molar-refractivity contribution in [2.75, 3.05) is 17.2 Å². The van der Waals surface area contributed by atoms with Crippen LogP contribution in [0.25, 0.3) is 0 Å². The van der Waals surface area contributed by atoms with Crippen molar-refractivity contribution < 1.29 is 0 Å². The number of aromatic nitrogens is 1. The van der Waals surface area contributed by atoms with Gasteiger partial charge in [0.15, 0.2) is 0 Å². The third kappa shape index (κ3) is 2.16. The Morgan fingerprint density at radius 1 is 1.22 bits per heavy atom. The summed E-state index contributed by atoms with van der Waals surface area (Å²) in [4.78, 5) is 6.86. The predicted molar refractivity (Wildman–Crippen MR) is 76.0 cm³/mol. The van der Waals surface area contributed by atoms with Gasteiger partial charge in [-0.05, 0) is 37.7 Å². The van der Waals surface area contributed by atoms with Gasteiger partial charge in [-0.25, -0.2) is 4.98 Å². The molecular formula is C14H20ClN3. The molecule has 1 aliphatic heterocycles. The van der Waals surface area contributed by atoms with Crippen LogP contribution in [0.2, 0.25) is 5.02 Å². The lowest BCUT2D eigenvalue weighted by molar-refractivity contribution is 0.429. The normalized spacial score (nSPS) is 24.9. The maximum absolute atomic E-state index is 6.30. The van der Waals surface area contributed by atoms with E-state index >= 15 is 0 Å². The van der Waals surface area contributed by atoms with Crippen LogP contribution < -0.4 is 10.6 Å². The number of halogens is 1. The van der Waals surface area contributed by atoms with Crippen LogP contribution in [-0.4, -0.2) is 17.6 Å². The Hall–Kier alpha value is -0.960. The zero-order chi connectivity index (χ0) is 12.5. The quantitative estimate of drug-likeness (QED) is 0.890. The minimum atomic E-state index is 0.639. The maximum atomic E-state index is 6.30. The Morgan fingerprint density at radius 2 is 2.00 bits per heavy atom. The highest BCUT2D eigenvalue weighted by Crippen LogP contribution is 2.39. The first-order chi connectivity index (χ1) is 8.75. The zero-order valence-electron chi connectivity index (χ0n) is 10.6. The molecule has 1 aromatic heterocycles. The number of nitrogens with zero attached hydrogens (tertiary/aromatic N) is 2. The van der Waals surface area contributed by atoms with E-state index in [9.17, 15) is 0 Å². The Kier molecular flexibility index (Phi) is 3.33. The van der Waals surface area contributed by atoms with E-state index in [1.165, 1.54) is 38.5 Å². The monoisotopic (exact) mass is 265 g/mol. The minimum Gasteiger partial charge on any atom is -0.397 e. The molecule has 2 fully saturated rings. The number of pyridine rings is 1. The molecule has 1 unspecified atom stereocenters. The number of hydrogen-bond donors (Lipinski definition) is 1. The van der Waals surface area contributed by atoms with Crippen molar-refractivity contribution in [2.24, 2.45) is 5.92 Å². The molecular weight excluding hydrogens is 246 g/mol. The van der Waals surface area contributed by atoms with Crippen molar-refractivity contribution in [3.8, 4) is 0 Å². The van der Waals surface area contributed by atoms with Crippen LogP contribution in [0.5, 0.6) is 0 Å². The molecule has 3 rings (SSSR count). The fourth-order valence-corrected chi connectivity index (χ4v) is 3.83. The highest BCUT2D eigenvalue weighted by Gasteiger charge is 2.34. The van der Waals surface area contributed by atoms with E-state index in [1.807, 2.05) is 6.07 Å². The number of nitrogen functional groups attached to an aromatic ring is 1. The summed E-state index contributed by atoms with van der Waals surface area (Å²) in [6.07, 6.45) is 9.76. The van der Waals surface area contributed by atoms with Crippen molar-refractivity contribution in [2.45, 2.75) is 44.6 Å². The van der Waals surface area contributed by atoms with E-state index in [2.05, 4.69) is 9.88 Å². The molecule has 2 N–H and O–H groups in total. The molecule has 1 aromatic rings. The molecule has 0 spiro atoms. The Labute approximate surface area is 113 Å². The highest BCUT2D eigenvalue weighted by atomic mass is 35.5. The third-order valence-corrected chi connectivity index (χ3v) is 4.64. The number of rotatable bonds is 2. The first-order valence-electron chi connectivity index (χ1n) is 6.93. The van der Waals surface area contributed by atoms with Gasteiger partial charge in [-0.3, -0.25) is 0 Å². The smallest absolute Gasteiger partial charge is 0.147 e. The van der Waals surface area contributed by atoms with E-state index in [4.69, 9.17) is 17.3 Å². The lowest BCUT2D eigenvalue weighted by Gasteiger charge is -2.31. The third-order valence-electron chi connectivity index (χ3n) is 4.36. The van der Waals surface area contributed by atoms with Crippen LogP contribution in [0.3, 0.4) is 0 Å². The van der Waals surface area contributed by atoms with Crippen molar-refractivity contribution in [3.63, 3.8) is 0 Å². The van der Waals surface area contributed by atoms with Gasteiger partial charge in [0.1, 0.15) is 5.82 Å². The molecule has 1 atom stereocenters. The number of hydrogen-bond acceptors (Lipinski definition) is 3. The SMILES string of the molecule is Nc1cnc(N2CCCC2C2CCCC2)c(Cl)c1. The molecule has 3 nitrogen and oxygen atoms in total. The Morgan fingerprint density at radius 3 is 2.72 bits per heavy atom. The van der Waals surface area contributed by atoms with Gasteiger partial charge < -0.3 is 10.6 Å². The maximum Gasteiger partial charge on any atom is 0.147 e. The number of anilines is 2. The van der Waals surface area contributed by atoms with Gasteiger partial charge in [0, 0.05) is 12.6 Å². The van der Waals surface area contributed by atoms with E-state index in [0.29, 0.717) is 16.8 Å². The molecule has 1 aliphatic carbocycles. The molecule has 18 heavy (non-hydrogen) atoms. The highest BCUT2D eigenvalue weighted by molar-refractivity contribution is 6.33. The second-order valence-corrected chi connectivity index (χ2v) is 5.93. The summed E-state index contributed by atoms with van der Waals surface area (Å²) in [5.74, 6) is 1.77. The molecule has 2 aliphatic rings. The fourth-order valence-electron chi connectivity index (χ4n) is 3.54. The van der Waals surface area contributed by atoms with Gasteiger partial charge in [0.25, 0.3) is 0 Å². The minimum absolute atomic E-state index is 0.639. The van der Waals surface area contributed by atoms with Gasteiger partial charge in [0.2, 0.25) is 0 Å². The summed E-state index contributed by atoms with van der Waals surface area (Å²) in [6.45, 7) is 1.08. The van der Waals surface area contributed by atoms with Crippen LogP contribution in [0.4, 0.5) is 11.5 Å². The molecule has 0 aromatic carbocycles. The van der Waals surface area contributed by atoms with E-state index in [0.717, 1.165) is 18.3 Å². The molecule has 4 heteroatoms. The van der Waals surface area contributed by atoms with E-state index < -0.39 is 0 Å². The van der Waals surface area contributed by atoms with Gasteiger partial charge in [0.05, 0.1) is 16.9 Å². The second kappa shape index (κ2) is 4.96. The zero-order valence-corrected chi connectivity index (χ0v) is 11.4. The summed E-state index contributed by atoms with van der Waals surface area (Å²) in [5, 5.41) is 0.694. The van der Waals surface area contributed by atoms with Gasteiger partial charge in [-0.1, -0.05) is 24.4 Å². The van der Waals surface area contributed by atoms with Gasteiger partial charge >= 0.3 is 0 Å². The average molecular weight is 266 g/mol. The van der Waals surface area contributed by atoms with Crippen molar-refractivity contribution in [3.05, 3.63) is 17.3 Å². The Bertz CT molecular complexity index is 429. The van der Waals surface area contributed by atoms with Crippen molar-refractivity contribution in [1.82, 2.24) is 4.98 Å². The topological polar surface area (TPSA) is 42.1 Å². The average Bonchev–Trinajstić information content (AvgIpc) is 2.98. The summed E-state index contributed by atoms with van der Waals surface area (Å²) in [6, 6.07) is 2.45. The summed E-state index contributed by atoms with van der Waals surface area (Å²) in [5.41, 5.74) is 6.36. The molecule has 98 valence electrons. The summed E-state index contributed by atoms with van der Waals surface area (Å²) in [7, 11) is 0. The molecule has 1 saturated heterocycles.